The van der Waals surface area contributed by atoms with E-state index in [4.69, 9.17) is 4.74 Å². The Morgan fingerprint density at radius 1 is 1.25 bits per heavy atom. The molecule has 0 unspecified atom stereocenters. The minimum absolute atomic E-state index is 0.208. The van der Waals surface area contributed by atoms with E-state index in [1.807, 2.05) is 6.92 Å². The Hall–Kier alpha value is -1.16. The molecule has 0 saturated carbocycles. The van der Waals surface area contributed by atoms with Gasteiger partial charge < -0.3 is 10.1 Å². The highest BCUT2D eigenvalue weighted by molar-refractivity contribution is 5.46. The van der Waals surface area contributed by atoms with Crippen LogP contribution in [0.25, 0.3) is 0 Å². The van der Waals surface area contributed by atoms with E-state index >= 15 is 0 Å². The molecule has 90 valence electrons. The number of nitrogens with one attached hydrogen (secondary N) is 1. The molecule has 16 heavy (non-hydrogen) atoms. The number of benzene rings is 1. The maximum Gasteiger partial charge on any atom is 0.146 e. The standard InChI is InChI=1S/C12H17F2NO/c1-3-16-6-4-5-15-12-8-10(13)9(2)7-11(12)14/h7-8,15H,3-6H2,1-2H3. The predicted molar refractivity (Wildman–Crippen MR) is 60.7 cm³/mol. The number of hydrogen-bond donors (Lipinski definition) is 1. The maximum absolute atomic E-state index is 13.3. The molecule has 0 atom stereocenters. The first kappa shape index (κ1) is 12.9. The van der Waals surface area contributed by atoms with Crippen LogP contribution < -0.4 is 5.32 Å². The zero-order chi connectivity index (χ0) is 12.0. The lowest BCUT2D eigenvalue weighted by atomic mass is 10.2. The molecule has 0 saturated heterocycles. The van der Waals surface area contributed by atoms with Crippen molar-refractivity contribution < 1.29 is 13.5 Å². The van der Waals surface area contributed by atoms with Crippen molar-refractivity contribution in [3.05, 3.63) is 29.3 Å². The van der Waals surface area contributed by atoms with E-state index in [0.717, 1.165) is 6.42 Å². The van der Waals surface area contributed by atoms with E-state index < -0.39 is 11.6 Å². The number of ether oxygens (including phenoxy) is 1. The molecule has 0 radical (unpaired) electrons. The lowest BCUT2D eigenvalue weighted by Gasteiger charge is -2.08. The molecule has 0 fully saturated rings. The van der Waals surface area contributed by atoms with Gasteiger partial charge in [0.05, 0.1) is 5.69 Å². The van der Waals surface area contributed by atoms with Crippen LogP contribution >= 0.6 is 0 Å². The summed E-state index contributed by atoms with van der Waals surface area (Å²) in [6, 6.07) is 2.38. The van der Waals surface area contributed by atoms with E-state index in [2.05, 4.69) is 5.32 Å². The Kier molecular flexibility index (Phi) is 5.19. The van der Waals surface area contributed by atoms with Gasteiger partial charge in [-0.25, -0.2) is 8.78 Å². The Morgan fingerprint density at radius 2 is 2.00 bits per heavy atom. The Bertz CT molecular complexity index is 342. The second-order valence-corrected chi connectivity index (χ2v) is 3.56. The molecule has 1 aromatic rings. The van der Waals surface area contributed by atoms with Crippen LogP contribution in [-0.4, -0.2) is 19.8 Å². The fourth-order valence-electron chi connectivity index (χ4n) is 1.32. The smallest absolute Gasteiger partial charge is 0.146 e. The largest absolute Gasteiger partial charge is 0.383 e. The van der Waals surface area contributed by atoms with Crippen molar-refractivity contribution in [2.45, 2.75) is 20.3 Å². The second kappa shape index (κ2) is 6.43. The molecule has 0 aliphatic carbocycles. The van der Waals surface area contributed by atoms with Crippen molar-refractivity contribution in [1.29, 1.82) is 0 Å². The third kappa shape index (κ3) is 3.77. The van der Waals surface area contributed by atoms with Crippen LogP contribution in [0.3, 0.4) is 0 Å². The maximum atomic E-state index is 13.3. The molecule has 0 aromatic heterocycles. The molecule has 0 spiro atoms. The van der Waals surface area contributed by atoms with Crippen molar-refractivity contribution in [3.63, 3.8) is 0 Å². The predicted octanol–water partition coefficient (Wildman–Crippen LogP) is 3.11. The van der Waals surface area contributed by atoms with E-state index in [-0.39, 0.29) is 5.69 Å². The summed E-state index contributed by atoms with van der Waals surface area (Å²) in [7, 11) is 0. The number of halogens is 2. The molecule has 4 heteroatoms. The molecule has 0 aliphatic heterocycles. The van der Waals surface area contributed by atoms with Gasteiger partial charge in [-0.2, -0.15) is 0 Å². The van der Waals surface area contributed by atoms with Crippen LogP contribution in [0.2, 0.25) is 0 Å². The average molecular weight is 229 g/mol. The third-order valence-electron chi connectivity index (χ3n) is 2.23. The van der Waals surface area contributed by atoms with Crippen LogP contribution in [-0.2, 0) is 4.74 Å². The molecule has 1 rings (SSSR count). The average Bonchev–Trinajstić information content (AvgIpc) is 2.25. The first-order chi connectivity index (χ1) is 7.65. The summed E-state index contributed by atoms with van der Waals surface area (Å²) >= 11 is 0. The zero-order valence-electron chi connectivity index (χ0n) is 9.65. The Labute approximate surface area is 94.6 Å². The molecule has 1 N–H and O–H groups in total. The van der Waals surface area contributed by atoms with E-state index in [1.165, 1.54) is 19.1 Å². The highest BCUT2D eigenvalue weighted by Crippen LogP contribution is 2.18. The molecule has 1 aromatic carbocycles. The highest BCUT2D eigenvalue weighted by atomic mass is 19.1. The Balaban J connectivity index is 2.45. The highest BCUT2D eigenvalue weighted by Gasteiger charge is 2.06. The molecule has 0 amide bonds. The van der Waals surface area contributed by atoms with Gasteiger partial charge in [0.25, 0.3) is 0 Å². The van der Waals surface area contributed by atoms with Gasteiger partial charge in [-0.3, -0.25) is 0 Å². The minimum atomic E-state index is -0.421. The van der Waals surface area contributed by atoms with Gasteiger partial charge in [0.2, 0.25) is 0 Å². The molecule has 0 heterocycles. The monoisotopic (exact) mass is 229 g/mol. The molecule has 0 bridgehead atoms. The van der Waals surface area contributed by atoms with Crippen LogP contribution in [0.1, 0.15) is 18.9 Å². The van der Waals surface area contributed by atoms with Gasteiger partial charge in [0.1, 0.15) is 11.6 Å². The van der Waals surface area contributed by atoms with Gasteiger partial charge in [-0.15, -0.1) is 0 Å². The number of hydrogen-bond acceptors (Lipinski definition) is 2. The fraction of sp³-hybridized carbons (Fsp3) is 0.500. The van der Waals surface area contributed by atoms with E-state index in [1.54, 1.807) is 0 Å². The summed E-state index contributed by atoms with van der Waals surface area (Å²) in [5.74, 6) is -0.816. The van der Waals surface area contributed by atoms with Crippen LogP contribution in [0.5, 0.6) is 0 Å². The number of rotatable bonds is 6. The van der Waals surface area contributed by atoms with Crippen molar-refractivity contribution in [2.24, 2.45) is 0 Å². The SMILES string of the molecule is CCOCCCNc1cc(F)c(C)cc1F. The van der Waals surface area contributed by atoms with Crippen molar-refractivity contribution >= 4 is 5.69 Å². The van der Waals surface area contributed by atoms with Crippen molar-refractivity contribution in [1.82, 2.24) is 0 Å². The van der Waals surface area contributed by atoms with Gasteiger partial charge in [-0.1, -0.05) is 0 Å². The lowest BCUT2D eigenvalue weighted by molar-refractivity contribution is 0.147. The van der Waals surface area contributed by atoms with Crippen LogP contribution in [0.15, 0.2) is 12.1 Å². The summed E-state index contributed by atoms with van der Waals surface area (Å²) in [6.07, 6.45) is 0.767. The van der Waals surface area contributed by atoms with Crippen LogP contribution in [0, 0.1) is 18.6 Å². The number of anilines is 1. The van der Waals surface area contributed by atoms with E-state index in [0.29, 0.717) is 25.3 Å². The van der Waals surface area contributed by atoms with Gasteiger partial charge in [0.15, 0.2) is 0 Å². The first-order valence-electron chi connectivity index (χ1n) is 5.42. The van der Waals surface area contributed by atoms with Crippen molar-refractivity contribution in [3.8, 4) is 0 Å². The normalized spacial score (nSPS) is 10.5. The zero-order valence-corrected chi connectivity index (χ0v) is 9.65. The molecule has 0 aliphatic rings. The first-order valence-corrected chi connectivity index (χ1v) is 5.42. The number of aryl methyl sites for hydroxylation is 1. The summed E-state index contributed by atoms with van der Waals surface area (Å²) < 4.78 is 31.6. The van der Waals surface area contributed by atoms with Crippen molar-refractivity contribution in [2.75, 3.05) is 25.1 Å². The van der Waals surface area contributed by atoms with Gasteiger partial charge >= 0.3 is 0 Å². The summed E-state index contributed by atoms with van der Waals surface area (Å²) in [5.41, 5.74) is 0.525. The van der Waals surface area contributed by atoms with E-state index in [9.17, 15) is 8.78 Å². The lowest BCUT2D eigenvalue weighted by Crippen LogP contribution is -2.07. The fourth-order valence-corrected chi connectivity index (χ4v) is 1.32. The topological polar surface area (TPSA) is 21.3 Å². The molecule has 2 nitrogen and oxygen atoms in total. The van der Waals surface area contributed by atoms with Crippen LogP contribution in [0.4, 0.5) is 14.5 Å². The summed E-state index contributed by atoms with van der Waals surface area (Å²) in [4.78, 5) is 0. The quantitative estimate of drug-likeness (QED) is 0.757. The summed E-state index contributed by atoms with van der Waals surface area (Å²) in [5, 5.41) is 2.84. The Morgan fingerprint density at radius 3 is 2.69 bits per heavy atom. The van der Waals surface area contributed by atoms with Gasteiger partial charge in [-0.05, 0) is 31.9 Å². The summed E-state index contributed by atoms with van der Waals surface area (Å²) in [6.45, 7) is 5.33. The molecular weight excluding hydrogens is 212 g/mol. The second-order valence-electron chi connectivity index (χ2n) is 3.56. The minimum Gasteiger partial charge on any atom is -0.383 e. The molecular formula is C12H17F2NO. The van der Waals surface area contributed by atoms with Gasteiger partial charge in [0, 0.05) is 25.8 Å². The third-order valence-corrected chi connectivity index (χ3v) is 2.23.